The summed E-state index contributed by atoms with van der Waals surface area (Å²) in [5.41, 5.74) is 3.63. The highest BCUT2D eigenvalue weighted by molar-refractivity contribution is 7.85. The molecule has 1 aliphatic heterocycles. The Balaban J connectivity index is 1.72. The smallest absolute Gasteiger partial charge is 0.282 e. The van der Waals surface area contributed by atoms with Crippen molar-refractivity contribution in [3.8, 4) is 0 Å². The number of nitrogens with zero attached hydrogens (tertiary/aromatic N) is 4. The third kappa shape index (κ3) is 4.61. The van der Waals surface area contributed by atoms with Crippen molar-refractivity contribution in [2.75, 3.05) is 10.4 Å². The Kier molecular flexibility index (Phi) is 5.69. The van der Waals surface area contributed by atoms with Gasteiger partial charge in [0.25, 0.3) is 15.8 Å². The average molecular weight is 465 g/mol. The van der Waals surface area contributed by atoms with Gasteiger partial charge in [-0.1, -0.05) is 30.3 Å². The van der Waals surface area contributed by atoms with Crippen LogP contribution in [0.15, 0.2) is 94.0 Å². The average Bonchev–Trinajstić information content (AvgIpc) is 3.14. The van der Waals surface area contributed by atoms with Crippen LogP contribution in [0, 0.1) is 10.1 Å². The molecule has 0 saturated carbocycles. The maximum Gasteiger partial charge on any atom is 0.301 e. The summed E-state index contributed by atoms with van der Waals surface area (Å²) in [5, 5.41) is 20.8. The number of anilines is 2. The molecule has 0 unspecified atom stereocenters. The monoisotopic (exact) mass is 465 g/mol. The van der Waals surface area contributed by atoms with E-state index < -0.39 is 20.9 Å². The van der Waals surface area contributed by atoms with Crippen LogP contribution in [0.4, 0.5) is 17.1 Å². The number of hydrogen-bond acceptors (Lipinski definition) is 8. The summed E-state index contributed by atoms with van der Waals surface area (Å²) in [5.74, 6) is -0.565. The van der Waals surface area contributed by atoms with Crippen molar-refractivity contribution in [2.45, 2.75) is 4.90 Å². The molecule has 0 aliphatic carbocycles. The standard InChI is InChI=1S/C21H15N5O6S/c27-21-20(23-22-15-9-11-18(12-10-15)33(30,31)32)19(14-5-4-8-17(13-14)26(28)29)24-25(21)16-6-2-1-3-7-16/h1-13,22H,(H,30,31,32). The molecule has 3 aromatic carbocycles. The van der Waals surface area contributed by atoms with Crippen molar-refractivity contribution in [3.63, 3.8) is 0 Å². The van der Waals surface area contributed by atoms with Crippen molar-refractivity contribution < 1.29 is 22.7 Å². The number of nitrogens with one attached hydrogen (secondary N) is 1. The lowest BCUT2D eigenvalue weighted by Crippen LogP contribution is -2.28. The molecule has 11 nitrogen and oxygen atoms in total. The van der Waals surface area contributed by atoms with Gasteiger partial charge in [0.1, 0.15) is 5.71 Å². The molecular weight excluding hydrogens is 450 g/mol. The zero-order valence-electron chi connectivity index (χ0n) is 16.7. The zero-order valence-corrected chi connectivity index (χ0v) is 17.5. The van der Waals surface area contributed by atoms with Gasteiger partial charge in [0.2, 0.25) is 0 Å². The molecule has 1 aliphatic rings. The lowest BCUT2D eigenvalue weighted by Gasteiger charge is -2.10. The number of para-hydroxylation sites is 1. The van der Waals surface area contributed by atoms with Crippen molar-refractivity contribution in [1.29, 1.82) is 0 Å². The molecular formula is C21H15N5O6S. The second-order valence-corrected chi connectivity index (χ2v) is 8.20. The minimum Gasteiger partial charge on any atom is -0.282 e. The van der Waals surface area contributed by atoms with E-state index in [1.165, 1.54) is 42.5 Å². The number of hydrazone groups is 2. The number of nitro groups is 1. The Labute approximate surface area is 187 Å². The Morgan fingerprint density at radius 1 is 1.00 bits per heavy atom. The van der Waals surface area contributed by atoms with Gasteiger partial charge in [0.05, 0.1) is 21.2 Å². The van der Waals surface area contributed by atoms with Gasteiger partial charge in [0.15, 0.2) is 5.71 Å². The molecule has 1 amide bonds. The quantitative estimate of drug-likeness (QED) is 0.322. The number of carbonyl (C=O) groups excluding carboxylic acids is 1. The summed E-state index contributed by atoms with van der Waals surface area (Å²) < 4.78 is 31.5. The molecule has 0 bridgehead atoms. The summed E-state index contributed by atoms with van der Waals surface area (Å²) in [7, 11) is -4.35. The van der Waals surface area contributed by atoms with Crippen molar-refractivity contribution >= 4 is 44.5 Å². The minimum atomic E-state index is -4.35. The predicted molar refractivity (Wildman–Crippen MR) is 121 cm³/mol. The molecule has 12 heteroatoms. The lowest BCUT2D eigenvalue weighted by atomic mass is 10.1. The number of non-ortho nitro benzene ring substituents is 1. The van der Waals surface area contributed by atoms with Gasteiger partial charge in [-0.25, -0.2) is 0 Å². The van der Waals surface area contributed by atoms with E-state index in [0.29, 0.717) is 16.9 Å². The van der Waals surface area contributed by atoms with Crippen LogP contribution in [-0.2, 0) is 14.9 Å². The van der Waals surface area contributed by atoms with E-state index in [0.717, 1.165) is 5.01 Å². The van der Waals surface area contributed by atoms with E-state index in [9.17, 15) is 23.3 Å². The van der Waals surface area contributed by atoms with Crippen LogP contribution in [0.25, 0.3) is 0 Å². The summed E-state index contributed by atoms with van der Waals surface area (Å²) >= 11 is 0. The first kappa shape index (κ1) is 21.8. The second-order valence-electron chi connectivity index (χ2n) is 6.78. The molecule has 33 heavy (non-hydrogen) atoms. The summed E-state index contributed by atoms with van der Waals surface area (Å²) in [6, 6.07) is 19.3. The van der Waals surface area contributed by atoms with Crippen LogP contribution in [0.3, 0.4) is 0 Å². The first-order valence-electron chi connectivity index (χ1n) is 9.38. The number of carbonyl (C=O) groups is 1. The van der Waals surface area contributed by atoms with Gasteiger partial charge in [-0.15, -0.1) is 0 Å². The van der Waals surface area contributed by atoms with Gasteiger partial charge >= 0.3 is 5.91 Å². The molecule has 0 fully saturated rings. The fourth-order valence-corrected chi connectivity index (χ4v) is 3.50. The van der Waals surface area contributed by atoms with Gasteiger partial charge in [0, 0.05) is 17.7 Å². The molecule has 0 atom stereocenters. The molecule has 0 saturated heterocycles. The molecule has 4 rings (SSSR count). The van der Waals surface area contributed by atoms with E-state index in [2.05, 4.69) is 15.6 Å². The highest BCUT2D eigenvalue weighted by Crippen LogP contribution is 2.24. The summed E-state index contributed by atoms with van der Waals surface area (Å²) in [6.07, 6.45) is 0. The predicted octanol–water partition coefficient (Wildman–Crippen LogP) is 3.06. The Morgan fingerprint density at radius 2 is 1.70 bits per heavy atom. The maximum absolute atomic E-state index is 13.1. The topological polar surface area (TPSA) is 155 Å². The van der Waals surface area contributed by atoms with Crippen LogP contribution >= 0.6 is 0 Å². The van der Waals surface area contributed by atoms with Crippen molar-refractivity contribution in [3.05, 3.63) is 94.5 Å². The van der Waals surface area contributed by atoms with Crippen molar-refractivity contribution in [2.24, 2.45) is 10.2 Å². The highest BCUT2D eigenvalue weighted by atomic mass is 32.2. The summed E-state index contributed by atoms with van der Waals surface area (Å²) in [6.45, 7) is 0. The third-order valence-electron chi connectivity index (χ3n) is 4.60. The van der Waals surface area contributed by atoms with Crippen LogP contribution < -0.4 is 10.4 Å². The Morgan fingerprint density at radius 3 is 2.33 bits per heavy atom. The van der Waals surface area contributed by atoms with E-state index in [-0.39, 0.29) is 22.0 Å². The van der Waals surface area contributed by atoms with E-state index in [1.54, 1.807) is 36.4 Å². The number of benzene rings is 3. The van der Waals surface area contributed by atoms with E-state index in [1.807, 2.05) is 0 Å². The fraction of sp³-hybridized carbons (Fsp3) is 0. The third-order valence-corrected chi connectivity index (χ3v) is 5.47. The number of hydrogen-bond donors (Lipinski definition) is 2. The number of rotatable bonds is 6. The SMILES string of the molecule is O=C1C(=NNc2ccc(S(=O)(=O)O)cc2)C(c2cccc([N+](=O)[O-])c2)=NN1c1ccccc1. The van der Waals surface area contributed by atoms with Gasteiger partial charge < -0.3 is 0 Å². The Hall–Kier alpha value is -4.42. The van der Waals surface area contributed by atoms with Crippen LogP contribution in [0.5, 0.6) is 0 Å². The van der Waals surface area contributed by atoms with E-state index >= 15 is 0 Å². The van der Waals surface area contributed by atoms with Gasteiger partial charge in [-0.05, 0) is 36.4 Å². The summed E-state index contributed by atoms with van der Waals surface area (Å²) in [4.78, 5) is 23.5. The first-order valence-corrected chi connectivity index (χ1v) is 10.8. The lowest BCUT2D eigenvalue weighted by molar-refractivity contribution is -0.384. The van der Waals surface area contributed by atoms with Gasteiger partial charge in [-0.3, -0.25) is 24.9 Å². The fourth-order valence-electron chi connectivity index (χ4n) is 3.02. The maximum atomic E-state index is 13.1. The molecule has 2 N–H and O–H groups in total. The number of nitro benzene ring substituents is 1. The zero-order chi connectivity index (χ0) is 23.6. The highest BCUT2D eigenvalue weighted by Gasteiger charge is 2.34. The Bertz CT molecular complexity index is 1400. The number of amides is 1. The molecule has 166 valence electrons. The molecule has 0 radical (unpaired) electrons. The molecule has 1 heterocycles. The molecule has 0 spiro atoms. The van der Waals surface area contributed by atoms with Gasteiger partial charge in [-0.2, -0.15) is 23.6 Å². The minimum absolute atomic E-state index is 0.0989. The van der Waals surface area contributed by atoms with Crippen molar-refractivity contribution in [1.82, 2.24) is 0 Å². The van der Waals surface area contributed by atoms with Crippen LogP contribution in [0.1, 0.15) is 5.56 Å². The largest absolute Gasteiger partial charge is 0.301 e. The normalized spacial score (nSPS) is 14.9. The first-order chi connectivity index (χ1) is 15.7. The molecule has 0 aromatic heterocycles. The van der Waals surface area contributed by atoms with Crippen LogP contribution in [-0.4, -0.2) is 35.2 Å². The van der Waals surface area contributed by atoms with Crippen LogP contribution in [0.2, 0.25) is 0 Å². The second kappa shape index (κ2) is 8.61. The molecule has 3 aromatic rings. The van der Waals surface area contributed by atoms with E-state index in [4.69, 9.17) is 4.55 Å².